The van der Waals surface area contributed by atoms with Crippen molar-refractivity contribution in [2.24, 2.45) is 0 Å². The second kappa shape index (κ2) is 42.1. The van der Waals surface area contributed by atoms with E-state index in [4.69, 9.17) is 14.2 Å². The molecule has 0 unspecified atom stereocenters. The fraction of sp³-hybridized carbons (Fsp3) is 0.766. The van der Waals surface area contributed by atoms with Crippen molar-refractivity contribution < 1.29 is 28.6 Å². The Morgan fingerprint density at radius 3 is 1.15 bits per heavy atom. The van der Waals surface area contributed by atoms with Gasteiger partial charge in [0.25, 0.3) is 0 Å². The molecule has 1 atom stereocenters. The van der Waals surface area contributed by atoms with Crippen molar-refractivity contribution in [1.29, 1.82) is 0 Å². The molecule has 0 bridgehead atoms. The molecule has 0 aliphatic heterocycles. The average Bonchev–Trinajstić information content (AvgIpc) is 3.15. The molecule has 306 valence electrons. The first-order valence-electron chi connectivity index (χ1n) is 22.1. The molecule has 0 N–H and O–H groups in total. The van der Waals surface area contributed by atoms with Crippen LogP contribution in [0.1, 0.15) is 213 Å². The molecule has 53 heavy (non-hydrogen) atoms. The van der Waals surface area contributed by atoms with Crippen LogP contribution in [0.25, 0.3) is 0 Å². The lowest BCUT2D eigenvalue weighted by Gasteiger charge is -2.18. The van der Waals surface area contributed by atoms with Gasteiger partial charge < -0.3 is 14.2 Å². The lowest BCUT2D eigenvalue weighted by molar-refractivity contribution is -0.167. The molecule has 0 aliphatic carbocycles. The molecule has 6 nitrogen and oxygen atoms in total. The zero-order chi connectivity index (χ0) is 38.7. The van der Waals surface area contributed by atoms with Crippen LogP contribution in [-0.2, 0) is 28.6 Å². The van der Waals surface area contributed by atoms with Gasteiger partial charge in [-0.2, -0.15) is 0 Å². The highest BCUT2D eigenvalue weighted by molar-refractivity contribution is 5.71. The third-order valence-electron chi connectivity index (χ3n) is 9.35. The minimum absolute atomic E-state index is 0.0839. The number of carbonyl (C=O) groups excluding carboxylic acids is 3. The van der Waals surface area contributed by atoms with Crippen molar-refractivity contribution >= 4 is 17.9 Å². The summed E-state index contributed by atoms with van der Waals surface area (Å²) in [6, 6.07) is 0. The molecule has 0 rings (SSSR count). The van der Waals surface area contributed by atoms with E-state index in [0.29, 0.717) is 19.3 Å². The molecule has 0 aliphatic rings. The van der Waals surface area contributed by atoms with E-state index >= 15 is 0 Å². The molecule has 0 aromatic heterocycles. The molecule has 0 spiro atoms. The lowest BCUT2D eigenvalue weighted by atomic mass is 10.1. The quantitative estimate of drug-likeness (QED) is 0.0270. The normalized spacial score (nSPS) is 12.4. The van der Waals surface area contributed by atoms with Crippen LogP contribution >= 0.6 is 0 Å². The van der Waals surface area contributed by atoms with Gasteiger partial charge in [-0.1, -0.05) is 185 Å². The van der Waals surface area contributed by atoms with E-state index in [1.165, 1.54) is 89.9 Å². The fourth-order valence-corrected chi connectivity index (χ4v) is 6.02. The Kier molecular flexibility index (Phi) is 40.0. The van der Waals surface area contributed by atoms with Crippen molar-refractivity contribution in [2.45, 2.75) is 219 Å². The summed E-state index contributed by atoms with van der Waals surface area (Å²) in [7, 11) is 0. The van der Waals surface area contributed by atoms with Crippen molar-refractivity contribution in [1.82, 2.24) is 0 Å². The number of carbonyl (C=O) groups is 3. The van der Waals surface area contributed by atoms with Gasteiger partial charge >= 0.3 is 17.9 Å². The summed E-state index contributed by atoms with van der Waals surface area (Å²) in [5.74, 6) is -0.931. The average molecular weight is 743 g/mol. The molecule has 0 aromatic rings. The highest BCUT2D eigenvalue weighted by Gasteiger charge is 2.19. The molecular weight excluding hydrogens is 661 g/mol. The number of ether oxygens (including phenoxy) is 3. The first-order chi connectivity index (χ1) is 26.0. The number of esters is 3. The molecule has 6 heteroatoms. The lowest BCUT2D eigenvalue weighted by Crippen LogP contribution is -2.30. The summed E-state index contributed by atoms with van der Waals surface area (Å²) in [4.78, 5) is 37.6. The van der Waals surface area contributed by atoms with Crippen LogP contribution in [-0.4, -0.2) is 37.2 Å². The SMILES string of the molecule is CC/C=C\C/C=C\C/C=C\C/C=C\CCCCC(=O)OC[C@@H](COC(=O)CCCCCCCCCCCC)OC(=O)CCCCCCCCCCCC. The van der Waals surface area contributed by atoms with Gasteiger partial charge in [0.1, 0.15) is 13.2 Å². The van der Waals surface area contributed by atoms with E-state index < -0.39 is 6.10 Å². The monoisotopic (exact) mass is 743 g/mol. The van der Waals surface area contributed by atoms with E-state index in [2.05, 4.69) is 69.4 Å². The Hall–Kier alpha value is -2.63. The van der Waals surface area contributed by atoms with Crippen molar-refractivity contribution in [3.8, 4) is 0 Å². The Bertz CT molecular complexity index is 949. The first kappa shape index (κ1) is 50.4. The van der Waals surface area contributed by atoms with Crippen molar-refractivity contribution in [3.05, 3.63) is 48.6 Å². The minimum atomic E-state index is -0.782. The van der Waals surface area contributed by atoms with Gasteiger partial charge in [0.2, 0.25) is 0 Å². The van der Waals surface area contributed by atoms with Crippen molar-refractivity contribution in [3.63, 3.8) is 0 Å². The van der Waals surface area contributed by atoms with Crippen molar-refractivity contribution in [2.75, 3.05) is 13.2 Å². The zero-order valence-corrected chi connectivity index (χ0v) is 34.8. The van der Waals surface area contributed by atoms with E-state index in [-0.39, 0.29) is 31.1 Å². The predicted molar refractivity (Wildman–Crippen MR) is 224 cm³/mol. The standard InChI is InChI=1S/C47H82O6/c1-4-7-10-13-16-19-22-23-24-25-26-29-31-34-37-40-46(49)52-43-44(53-47(50)41-38-35-32-28-21-18-15-12-9-6-3)42-51-45(48)39-36-33-30-27-20-17-14-11-8-5-2/h7,10,16,19,23-24,26,29,44H,4-6,8-9,11-15,17-18,20-22,25,27-28,30-43H2,1-3H3/b10-7-,19-16-,24-23-,29-26-/t44-/m1/s1. The Morgan fingerprint density at radius 2 is 0.736 bits per heavy atom. The van der Waals surface area contributed by atoms with Gasteiger partial charge in [0.05, 0.1) is 0 Å². The van der Waals surface area contributed by atoms with Crippen LogP contribution < -0.4 is 0 Å². The molecule has 0 radical (unpaired) electrons. The molecule has 0 aromatic carbocycles. The Balaban J connectivity index is 4.42. The van der Waals surface area contributed by atoms with E-state index in [1.54, 1.807) is 0 Å². The summed E-state index contributed by atoms with van der Waals surface area (Å²) in [5, 5.41) is 0. The maximum absolute atomic E-state index is 12.7. The molecule has 0 saturated heterocycles. The first-order valence-corrected chi connectivity index (χ1v) is 22.1. The van der Waals surface area contributed by atoms with Gasteiger partial charge in [0.15, 0.2) is 6.10 Å². The van der Waals surface area contributed by atoms with Gasteiger partial charge in [-0.3, -0.25) is 14.4 Å². The third-order valence-corrected chi connectivity index (χ3v) is 9.35. The number of unbranched alkanes of at least 4 members (excludes halogenated alkanes) is 20. The number of hydrogen-bond acceptors (Lipinski definition) is 6. The largest absolute Gasteiger partial charge is 0.462 e. The minimum Gasteiger partial charge on any atom is -0.462 e. The third kappa shape index (κ3) is 40.4. The van der Waals surface area contributed by atoms with Crippen LogP contribution in [0.3, 0.4) is 0 Å². The van der Waals surface area contributed by atoms with Gasteiger partial charge in [-0.05, 0) is 57.8 Å². The fourth-order valence-electron chi connectivity index (χ4n) is 6.02. The maximum atomic E-state index is 12.7. The van der Waals surface area contributed by atoms with Gasteiger partial charge in [0, 0.05) is 19.3 Å². The van der Waals surface area contributed by atoms with E-state index in [0.717, 1.165) is 83.5 Å². The number of hydrogen-bond donors (Lipinski definition) is 0. The molecule has 0 fully saturated rings. The molecule has 0 heterocycles. The summed E-state index contributed by atoms with van der Waals surface area (Å²) in [6.45, 7) is 6.45. The second-order valence-electron chi connectivity index (χ2n) is 14.6. The van der Waals surface area contributed by atoms with E-state index in [9.17, 15) is 14.4 Å². The van der Waals surface area contributed by atoms with Crippen LogP contribution in [0.15, 0.2) is 48.6 Å². The molecule has 0 amide bonds. The van der Waals surface area contributed by atoms with Crippen LogP contribution in [0.5, 0.6) is 0 Å². The predicted octanol–water partition coefficient (Wildman–Crippen LogP) is 14.0. The summed E-state index contributed by atoms with van der Waals surface area (Å²) >= 11 is 0. The number of rotatable bonds is 39. The highest BCUT2D eigenvalue weighted by Crippen LogP contribution is 2.14. The number of allylic oxidation sites excluding steroid dienone is 8. The van der Waals surface area contributed by atoms with Crippen LogP contribution in [0, 0.1) is 0 Å². The zero-order valence-electron chi connectivity index (χ0n) is 34.8. The summed E-state index contributed by atoms with van der Waals surface area (Å²) in [5.41, 5.74) is 0. The maximum Gasteiger partial charge on any atom is 0.306 e. The molecule has 0 saturated carbocycles. The van der Waals surface area contributed by atoms with Gasteiger partial charge in [-0.25, -0.2) is 0 Å². The van der Waals surface area contributed by atoms with Gasteiger partial charge in [-0.15, -0.1) is 0 Å². The summed E-state index contributed by atoms with van der Waals surface area (Å²) in [6.07, 6.45) is 48.1. The topological polar surface area (TPSA) is 78.9 Å². The smallest absolute Gasteiger partial charge is 0.306 e. The van der Waals surface area contributed by atoms with Crippen LogP contribution in [0.4, 0.5) is 0 Å². The van der Waals surface area contributed by atoms with E-state index in [1.807, 2.05) is 0 Å². The Morgan fingerprint density at radius 1 is 0.396 bits per heavy atom. The molecular formula is C47H82O6. The Labute approximate surface area is 327 Å². The highest BCUT2D eigenvalue weighted by atomic mass is 16.6. The van der Waals surface area contributed by atoms with Crippen LogP contribution in [0.2, 0.25) is 0 Å². The summed E-state index contributed by atoms with van der Waals surface area (Å²) < 4.78 is 16.6. The second-order valence-corrected chi connectivity index (χ2v) is 14.6.